The minimum Gasteiger partial charge on any atom is -0.441 e. The van der Waals surface area contributed by atoms with E-state index < -0.39 is 5.60 Å². The molecule has 0 radical (unpaired) electrons. The van der Waals surface area contributed by atoms with Crippen LogP contribution in [0, 0.1) is 0 Å². The third kappa shape index (κ3) is 3.88. The lowest BCUT2D eigenvalue weighted by Crippen LogP contribution is -2.49. The van der Waals surface area contributed by atoms with Gasteiger partial charge in [-0.05, 0) is 17.5 Å². The van der Waals surface area contributed by atoms with Crippen molar-refractivity contribution in [2.24, 2.45) is 0 Å². The number of aromatic nitrogens is 2. The molecule has 148 valence electrons. The highest BCUT2D eigenvalue weighted by atomic mass is 16.6. The lowest BCUT2D eigenvalue weighted by atomic mass is 9.91. The van der Waals surface area contributed by atoms with Crippen LogP contribution in [0.15, 0.2) is 48.8 Å². The summed E-state index contributed by atoms with van der Waals surface area (Å²) in [5.41, 5.74) is 0.756. The maximum Gasteiger partial charge on any atom is 0.410 e. The van der Waals surface area contributed by atoms with Gasteiger partial charge in [-0.3, -0.25) is 9.48 Å². The van der Waals surface area contributed by atoms with Crippen molar-refractivity contribution in [3.05, 3.63) is 54.4 Å². The van der Waals surface area contributed by atoms with Crippen LogP contribution in [0.2, 0.25) is 0 Å². The number of rotatable bonds is 5. The molecular weight excluding hydrogens is 356 g/mol. The van der Waals surface area contributed by atoms with Crippen LogP contribution in [0.4, 0.5) is 4.79 Å². The molecule has 0 aliphatic carbocycles. The molecule has 0 N–H and O–H groups in total. The predicted octanol–water partition coefficient (Wildman–Crippen LogP) is 2.50. The zero-order chi connectivity index (χ0) is 19.6. The first kappa shape index (κ1) is 18.5. The monoisotopic (exact) mass is 382 g/mol. The number of likely N-dealkylation sites (tertiary alicyclic amines) is 1. The molecule has 1 aromatic carbocycles. The Labute approximate surface area is 164 Å². The number of carbonyl (C=O) groups excluding carboxylic acids is 2. The van der Waals surface area contributed by atoms with Crippen LogP contribution in [0.5, 0.6) is 0 Å². The van der Waals surface area contributed by atoms with E-state index in [1.165, 1.54) is 5.56 Å². The van der Waals surface area contributed by atoms with E-state index >= 15 is 0 Å². The van der Waals surface area contributed by atoms with Gasteiger partial charge in [-0.15, -0.1) is 0 Å². The average Bonchev–Trinajstić information content (AvgIpc) is 3.31. The Kier molecular flexibility index (Phi) is 5.07. The predicted molar refractivity (Wildman–Crippen MR) is 104 cm³/mol. The Morgan fingerprint density at radius 2 is 1.96 bits per heavy atom. The molecular formula is C21H26N4O3. The van der Waals surface area contributed by atoms with Gasteiger partial charge in [0.05, 0.1) is 6.54 Å². The van der Waals surface area contributed by atoms with E-state index in [0.717, 1.165) is 0 Å². The van der Waals surface area contributed by atoms with Gasteiger partial charge < -0.3 is 14.5 Å². The summed E-state index contributed by atoms with van der Waals surface area (Å²) in [4.78, 5) is 28.6. The summed E-state index contributed by atoms with van der Waals surface area (Å²) in [7, 11) is 0. The zero-order valence-corrected chi connectivity index (χ0v) is 16.2. The molecule has 1 atom stereocenters. The van der Waals surface area contributed by atoms with Crippen LogP contribution < -0.4 is 0 Å². The maximum absolute atomic E-state index is 12.5. The SMILES string of the molecule is CC(CN1CC2(CCN(C(=O)Cn3cccn3)CC2)OC1=O)c1ccccc1. The van der Waals surface area contributed by atoms with Gasteiger partial charge in [-0.25, -0.2) is 4.79 Å². The average molecular weight is 382 g/mol. The smallest absolute Gasteiger partial charge is 0.410 e. The fraction of sp³-hybridized carbons (Fsp3) is 0.476. The summed E-state index contributed by atoms with van der Waals surface area (Å²) in [5.74, 6) is 0.303. The third-order valence-electron chi connectivity index (χ3n) is 5.79. The summed E-state index contributed by atoms with van der Waals surface area (Å²) in [6.07, 6.45) is 4.58. The lowest BCUT2D eigenvalue weighted by molar-refractivity contribution is -0.135. The van der Waals surface area contributed by atoms with E-state index in [2.05, 4.69) is 24.2 Å². The standard InChI is InChI=1S/C21H26N4O3/c1-17(18-6-3-2-4-7-18)14-24-16-21(28-20(24)27)8-12-23(13-9-21)19(26)15-25-11-5-10-22-25/h2-7,10-11,17H,8-9,12-16H2,1H3. The van der Waals surface area contributed by atoms with Crippen molar-refractivity contribution >= 4 is 12.0 Å². The number of piperidine rings is 1. The van der Waals surface area contributed by atoms with Crippen molar-refractivity contribution in [1.82, 2.24) is 19.6 Å². The minimum atomic E-state index is -0.462. The lowest BCUT2D eigenvalue weighted by Gasteiger charge is -2.37. The van der Waals surface area contributed by atoms with E-state index in [9.17, 15) is 9.59 Å². The zero-order valence-electron chi connectivity index (χ0n) is 16.2. The first-order chi connectivity index (χ1) is 13.5. The molecule has 1 aromatic heterocycles. The summed E-state index contributed by atoms with van der Waals surface area (Å²) < 4.78 is 7.44. The fourth-order valence-corrected chi connectivity index (χ4v) is 4.11. The molecule has 1 unspecified atom stereocenters. The van der Waals surface area contributed by atoms with E-state index in [4.69, 9.17) is 4.74 Å². The van der Waals surface area contributed by atoms with Crippen molar-refractivity contribution in [3.8, 4) is 0 Å². The van der Waals surface area contributed by atoms with Gasteiger partial charge in [0.15, 0.2) is 0 Å². The molecule has 2 aliphatic rings. The second kappa shape index (κ2) is 7.66. The quantitative estimate of drug-likeness (QED) is 0.797. The maximum atomic E-state index is 12.5. The van der Waals surface area contributed by atoms with E-state index in [0.29, 0.717) is 39.0 Å². The van der Waals surface area contributed by atoms with Gasteiger partial charge >= 0.3 is 6.09 Å². The number of carbonyl (C=O) groups is 2. The summed E-state index contributed by atoms with van der Waals surface area (Å²) in [6.45, 7) is 4.84. The van der Waals surface area contributed by atoms with Crippen LogP contribution >= 0.6 is 0 Å². The van der Waals surface area contributed by atoms with Crippen LogP contribution in [-0.2, 0) is 16.1 Å². The molecule has 2 aliphatic heterocycles. The van der Waals surface area contributed by atoms with E-state index in [-0.39, 0.29) is 24.5 Å². The first-order valence-electron chi connectivity index (χ1n) is 9.83. The summed E-state index contributed by atoms with van der Waals surface area (Å²) in [6, 6.07) is 12.0. The number of nitrogens with zero attached hydrogens (tertiary/aromatic N) is 4. The molecule has 7 nitrogen and oxygen atoms in total. The largest absolute Gasteiger partial charge is 0.441 e. The molecule has 2 amide bonds. The topological polar surface area (TPSA) is 67.7 Å². The Morgan fingerprint density at radius 1 is 1.21 bits per heavy atom. The molecule has 1 spiro atoms. The van der Waals surface area contributed by atoms with Crippen LogP contribution in [-0.4, -0.2) is 63.4 Å². The number of benzene rings is 1. The van der Waals surface area contributed by atoms with Crippen LogP contribution in [0.1, 0.15) is 31.2 Å². The van der Waals surface area contributed by atoms with Gasteiger partial charge in [0.25, 0.3) is 0 Å². The van der Waals surface area contributed by atoms with Crippen LogP contribution in [0.3, 0.4) is 0 Å². The Morgan fingerprint density at radius 3 is 2.64 bits per heavy atom. The highest BCUT2D eigenvalue weighted by molar-refractivity contribution is 5.76. The van der Waals surface area contributed by atoms with Crippen molar-refractivity contribution in [1.29, 1.82) is 0 Å². The van der Waals surface area contributed by atoms with Crippen molar-refractivity contribution < 1.29 is 14.3 Å². The molecule has 4 rings (SSSR count). The molecule has 3 heterocycles. The summed E-state index contributed by atoms with van der Waals surface area (Å²) in [5, 5.41) is 4.09. The molecule has 7 heteroatoms. The van der Waals surface area contributed by atoms with E-state index in [1.807, 2.05) is 34.1 Å². The molecule has 2 saturated heterocycles. The van der Waals surface area contributed by atoms with Gasteiger partial charge in [0.2, 0.25) is 5.91 Å². The van der Waals surface area contributed by atoms with Gasteiger partial charge in [-0.1, -0.05) is 37.3 Å². The fourth-order valence-electron chi connectivity index (χ4n) is 4.11. The second-order valence-corrected chi connectivity index (χ2v) is 7.83. The molecule has 0 bridgehead atoms. The van der Waals surface area contributed by atoms with Crippen molar-refractivity contribution in [3.63, 3.8) is 0 Å². The second-order valence-electron chi connectivity index (χ2n) is 7.83. The summed E-state index contributed by atoms with van der Waals surface area (Å²) >= 11 is 0. The van der Waals surface area contributed by atoms with Gasteiger partial charge in [0.1, 0.15) is 12.1 Å². The Bertz CT molecular complexity index is 813. The minimum absolute atomic E-state index is 0.0532. The number of amides is 2. The Hall–Kier alpha value is -2.83. The number of ether oxygens (including phenoxy) is 1. The molecule has 28 heavy (non-hydrogen) atoms. The van der Waals surface area contributed by atoms with Crippen molar-refractivity contribution in [2.45, 2.75) is 37.8 Å². The molecule has 2 fully saturated rings. The van der Waals surface area contributed by atoms with Gasteiger partial charge in [0, 0.05) is 44.9 Å². The number of hydrogen-bond acceptors (Lipinski definition) is 4. The highest BCUT2D eigenvalue weighted by Crippen LogP contribution is 2.34. The Balaban J connectivity index is 1.32. The van der Waals surface area contributed by atoms with Crippen LogP contribution in [0.25, 0.3) is 0 Å². The van der Waals surface area contributed by atoms with Gasteiger partial charge in [-0.2, -0.15) is 5.10 Å². The number of hydrogen-bond donors (Lipinski definition) is 0. The van der Waals surface area contributed by atoms with E-state index in [1.54, 1.807) is 17.1 Å². The normalized spacial score (nSPS) is 19.7. The molecule has 2 aromatic rings. The first-order valence-corrected chi connectivity index (χ1v) is 9.83. The highest BCUT2D eigenvalue weighted by Gasteiger charge is 2.47. The third-order valence-corrected chi connectivity index (χ3v) is 5.79. The van der Waals surface area contributed by atoms with Crippen molar-refractivity contribution in [2.75, 3.05) is 26.2 Å². The molecule has 0 saturated carbocycles.